The summed E-state index contributed by atoms with van der Waals surface area (Å²) >= 11 is 1.31. The van der Waals surface area contributed by atoms with Gasteiger partial charge < -0.3 is 15.0 Å². The highest BCUT2D eigenvalue weighted by Gasteiger charge is 2.28. The van der Waals surface area contributed by atoms with Crippen molar-refractivity contribution in [1.82, 2.24) is 15.1 Å². The molecule has 8 heteroatoms. The summed E-state index contributed by atoms with van der Waals surface area (Å²) in [7, 11) is 1.62. The molecule has 1 atom stereocenters. The Bertz CT molecular complexity index is 1080. The van der Waals surface area contributed by atoms with Crippen LogP contribution in [0.1, 0.15) is 44.7 Å². The van der Waals surface area contributed by atoms with Crippen LogP contribution in [0.15, 0.2) is 48.5 Å². The lowest BCUT2D eigenvalue weighted by Gasteiger charge is -2.31. The second kappa shape index (κ2) is 9.91. The van der Waals surface area contributed by atoms with Crippen LogP contribution in [0.5, 0.6) is 5.75 Å². The van der Waals surface area contributed by atoms with Crippen molar-refractivity contribution in [3.8, 4) is 5.75 Å². The maximum atomic E-state index is 12.8. The predicted octanol–water partition coefficient (Wildman–Crippen LogP) is 4.06. The van der Waals surface area contributed by atoms with Gasteiger partial charge >= 0.3 is 0 Å². The molecule has 1 N–H and O–H groups in total. The summed E-state index contributed by atoms with van der Waals surface area (Å²) < 4.78 is 5.17. The van der Waals surface area contributed by atoms with Gasteiger partial charge in [0.1, 0.15) is 10.8 Å². The highest BCUT2D eigenvalue weighted by Crippen LogP contribution is 2.30. The molecule has 0 radical (unpaired) electrons. The smallest absolute Gasteiger partial charge is 0.286 e. The van der Waals surface area contributed by atoms with Gasteiger partial charge in [0.25, 0.3) is 5.91 Å². The van der Waals surface area contributed by atoms with E-state index >= 15 is 0 Å². The van der Waals surface area contributed by atoms with Gasteiger partial charge in [0.05, 0.1) is 13.5 Å². The van der Waals surface area contributed by atoms with E-state index in [0.29, 0.717) is 18.0 Å². The van der Waals surface area contributed by atoms with Crippen molar-refractivity contribution < 1.29 is 14.3 Å². The van der Waals surface area contributed by atoms with E-state index in [9.17, 15) is 9.59 Å². The van der Waals surface area contributed by atoms with E-state index in [1.54, 1.807) is 7.11 Å². The first-order valence-electron chi connectivity index (χ1n) is 10.6. The molecule has 1 aliphatic rings. The molecular formula is C24H26N4O3S. The number of methoxy groups -OCH3 is 1. The molecule has 1 fully saturated rings. The van der Waals surface area contributed by atoms with Gasteiger partial charge in [0.15, 0.2) is 0 Å². The van der Waals surface area contributed by atoms with Crippen molar-refractivity contribution in [2.45, 2.75) is 32.1 Å². The van der Waals surface area contributed by atoms with Crippen LogP contribution in [0.25, 0.3) is 0 Å². The van der Waals surface area contributed by atoms with Crippen molar-refractivity contribution >= 4 is 28.8 Å². The van der Waals surface area contributed by atoms with E-state index in [1.165, 1.54) is 11.3 Å². The van der Waals surface area contributed by atoms with Crippen molar-refractivity contribution in [3.63, 3.8) is 0 Å². The average Bonchev–Trinajstić information content (AvgIpc) is 3.32. The van der Waals surface area contributed by atoms with Crippen molar-refractivity contribution in [1.29, 1.82) is 0 Å². The van der Waals surface area contributed by atoms with Crippen LogP contribution in [0.3, 0.4) is 0 Å². The zero-order chi connectivity index (χ0) is 22.5. The summed E-state index contributed by atoms with van der Waals surface area (Å²) in [5.41, 5.74) is 2.82. The number of ether oxygens (including phenoxy) is 1. The van der Waals surface area contributed by atoms with Gasteiger partial charge in [0.2, 0.25) is 10.9 Å². The number of anilines is 1. The molecule has 0 unspecified atom stereocenters. The normalized spacial score (nSPS) is 15.9. The van der Waals surface area contributed by atoms with Crippen molar-refractivity contribution in [2.75, 3.05) is 25.5 Å². The number of aryl methyl sites for hydroxylation is 1. The molecule has 0 spiro atoms. The lowest BCUT2D eigenvalue weighted by atomic mass is 9.98. The first-order chi connectivity index (χ1) is 15.5. The lowest BCUT2D eigenvalue weighted by molar-refractivity contribution is -0.131. The van der Waals surface area contributed by atoms with Crippen LogP contribution in [-0.2, 0) is 11.2 Å². The Morgan fingerprint density at radius 3 is 2.59 bits per heavy atom. The zero-order valence-corrected chi connectivity index (χ0v) is 19.0. The van der Waals surface area contributed by atoms with Crippen LogP contribution in [0.2, 0.25) is 0 Å². The van der Waals surface area contributed by atoms with Crippen LogP contribution < -0.4 is 10.1 Å². The maximum absolute atomic E-state index is 12.8. The van der Waals surface area contributed by atoms with Gasteiger partial charge in [-0.15, -0.1) is 10.2 Å². The summed E-state index contributed by atoms with van der Waals surface area (Å²) in [5.74, 6) is 0.710. The molecule has 2 heterocycles. The molecule has 7 nitrogen and oxygen atoms in total. The highest BCUT2D eigenvalue weighted by molar-refractivity contribution is 7.13. The van der Waals surface area contributed by atoms with Gasteiger partial charge in [-0.3, -0.25) is 9.59 Å². The summed E-state index contributed by atoms with van der Waals surface area (Å²) in [6, 6.07) is 15.2. The number of piperidine rings is 1. The number of nitrogens with one attached hydrogen (secondary N) is 1. The zero-order valence-electron chi connectivity index (χ0n) is 18.2. The lowest BCUT2D eigenvalue weighted by Crippen LogP contribution is -2.39. The molecule has 1 aromatic heterocycles. The minimum absolute atomic E-state index is 0.0988. The Hall–Kier alpha value is -3.26. The average molecular weight is 451 g/mol. The number of rotatable bonds is 6. The Kier molecular flexibility index (Phi) is 6.80. The molecule has 1 saturated heterocycles. The number of benzene rings is 2. The van der Waals surface area contributed by atoms with Gasteiger partial charge in [-0.1, -0.05) is 41.2 Å². The number of amides is 2. The SMILES string of the molecule is COc1ccc(CC(=O)N2CCC[C@H](c3nnc(C(=O)Nc4ccc(C)cc4)s3)C2)cc1. The molecule has 0 saturated carbocycles. The van der Waals surface area contributed by atoms with Crippen LogP contribution >= 0.6 is 11.3 Å². The molecule has 166 valence electrons. The standard InChI is InChI=1S/C24H26N4O3S/c1-16-5-9-19(10-6-16)25-22(30)24-27-26-23(32-24)18-4-3-13-28(15-18)21(29)14-17-7-11-20(31-2)12-8-17/h5-12,18H,3-4,13-15H2,1-2H3,(H,25,30)/t18-/m0/s1. The van der Waals surface area contributed by atoms with E-state index in [4.69, 9.17) is 4.74 Å². The molecule has 32 heavy (non-hydrogen) atoms. The third kappa shape index (κ3) is 5.31. The van der Waals surface area contributed by atoms with E-state index in [0.717, 1.165) is 47.0 Å². The second-order valence-corrected chi connectivity index (χ2v) is 8.98. The van der Waals surface area contributed by atoms with E-state index < -0.39 is 0 Å². The topological polar surface area (TPSA) is 84.4 Å². The van der Waals surface area contributed by atoms with Crippen molar-refractivity contribution in [2.24, 2.45) is 0 Å². The first-order valence-corrected chi connectivity index (χ1v) is 11.5. The highest BCUT2D eigenvalue weighted by atomic mass is 32.1. The van der Waals surface area contributed by atoms with E-state index in [2.05, 4.69) is 15.5 Å². The van der Waals surface area contributed by atoms with E-state index in [1.807, 2.05) is 60.4 Å². The number of aromatic nitrogens is 2. The summed E-state index contributed by atoms with van der Waals surface area (Å²) in [6.45, 7) is 3.34. The molecule has 0 bridgehead atoms. The van der Waals surface area contributed by atoms with E-state index in [-0.39, 0.29) is 17.7 Å². The molecule has 0 aliphatic carbocycles. The number of likely N-dealkylation sites (tertiary alicyclic amines) is 1. The largest absolute Gasteiger partial charge is 0.497 e. The molecule has 4 rings (SSSR count). The number of nitrogens with zero attached hydrogens (tertiary/aromatic N) is 3. The monoisotopic (exact) mass is 450 g/mol. The third-order valence-corrected chi connectivity index (χ3v) is 6.67. The predicted molar refractivity (Wildman–Crippen MR) is 124 cm³/mol. The number of hydrogen-bond donors (Lipinski definition) is 1. The fraction of sp³-hybridized carbons (Fsp3) is 0.333. The summed E-state index contributed by atoms with van der Waals surface area (Å²) in [4.78, 5) is 27.3. The van der Waals surface area contributed by atoms with Gasteiger partial charge in [0, 0.05) is 24.7 Å². The fourth-order valence-electron chi connectivity index (χ4n) is 3.75. The van der Waals surface area contributed by atoms with Crippen LogP contribution in [0, 0.1) is 6.92 Å². The number of carbonyl (C=O) groups excluding carboxylic acids is 2. The summed E-state index contributed by atoms with van der Waals surface area (Å²) in [5, 5.41) is 12.4. The number of carbonyl (C=O) groups is 2. The second-order valence-electron chi connectivity index (χ2n) is 7.97. The summed E-state index contributed by atoms with van der Waals surface area (Å²) in [6.07, 6.45) is 2.20. The molecule has 2 amide bonds. The maximum Gasteiger partial charge on any atom is 0.286 e. The molecule has 3 aromatic rings. The molecule has 2 aromatic carbocycles. The fourth-order valence-corrected chi connectivity index (χ4v) is 4.61. The minimum Gasteiger partial charge on any atom is -0.497 e. The van der Waals surface area contributed by atoms with Crippen LogP contribution in [0.4, 0.5) is 5.69 Å². The molecule has 1 aliphatic heterocycles. The Labute approximate surface area is 191 Å². The van der Waals surface area contributed by atoms with Gasteiger partial charge in [-0.25, -0.2) is 0 Å². The van der Waals surface area contributed by atoms with Crippen LogP contribution in [-0.4, -0.2) is 47.1 Å². The van der Waals surface area contributed by atoms with Gasteiger partial charge in [-0.2, -0.15) is 0 Å². The quantitative estimate of drug-likeness (QED) is 0.612. The Balaban J connectivity index is 1.36. The third-order valence-electron chi connectivity index (χ3n) is 5.58. The molecular weight excluding hydrogens is 424 g/mol. The first kappa shape index (κ1) is 22.0. The minimum atomic E-state index is -0.263. The van der Waals surface area contributed by atoms with Gasteiger partial charge in [-0.05, 0) is 49.6 Å². The number of hydrogen-bond acceptors (Lipinski definition) is 6. The Morgan fingerprint density at radius 1 is 1.12 bits per heavy atom. The Morgan fingerprint density at radius 2 is 1.88 bits per heavy atom. The van der Waals surface area contributed by atoms with Crippen molar-refractivity contribution in [3.05, 3.63) is 69.7 Å².